The van der Waals surface area contributed by atoms with Crippen LogP contribution in [-0.4, -0.2) is 29.0 Å². The summed E-state index contributed by atoms with van der Waals surface area (Å²) in [6.45, 7) is 2.19. The fourth-order valence-electron chi connectivity index (χ4n) is 2.53. The van der Waals surface area contributed by atoms with Gasteiger partial charge in [0.2, 0.25) is 5.91 Å². The molecule has 9 heteroatoms. The topological polar surface area (TPSA) is 109 Å². The first-order valence-corrected chi connectivity index (χ1v) is 9.33. The maximum atomic E-state index is 12.1. The van der Waals surface area contributed by atoms with E-state index in [1.807, 2.05) is 0 Å². The molecule has 140 valence electrons. The number of thiazole rings is 1. The highest BCUT2D eigenvalue weighted by Gasteiger charge is 2.38. The Kier molecular flexibility index (Phi) is 5.66. The van der Waals surface area contributed by atoms with Gasteiger partial charge in [-0.3, -0.25) is 14.9 Å². The van der Waals surface area contributed by atoms with Crippen LogP contribution < -0.4 is 10.6 Å². The van der Waals surface area contributed by atoms with Crippen molar-refractivity contribution in [2.75, 3.05) is 11.9 Å². The number of aromatic nitrogens is 1. The van der Waals surface area contributed by atoms with Crippen LogP contribution in [0.3, 0.4) is 0 Å². The van der Waals surface area contributed by atoms with Crippen LogP contribution in [0.2, 0.25) is 0 Å². The van der Waals surface area contributed by atoms with Crippen LogP contribution >= 0.6 is 11.3 Å². The van der Waals surface area contributed by atoms with Crippen molar-refractivity contribution >= 4 is 28.3 Å². The fraction of sp³-hybridized carbons (Fsp3) is 0.389. The summed E-state index contributed by atoms with van der Waals surface area (Å²) in [6, 6.07) is 1.60. The van der Waals surface area contributed by atoms with E-state index in [1.54, 1.807) is 18.4 Å². The minimum absolute atomic E-state index is 0.142. The number of rotatable bonds is 9. The van der Waals surface area contributed by atoms with E-state index in [0.717, 1.165) is 0 Å². The molecule has 0 spiro atoms. The summed E-state index contributed by atoms with van der Waals surface area (Å²) in [4.78, 5) is 28.5. The second-order valence-corrected chi connectivity index (χ2v) is 7.01. The molecule has 0 bridgehead atoms. The first kappa shape index (κ1) is 18.8. The summed E-state index contributed by atoms with van der Waals surface area (Å²) >= 11 is 1.27. The van der Waals surface area contributed by atoms with E-state index >= 15 is 0 Å². The Morgan fingerprint density at radius 1 is 1.37 bits per heavy atom. The minimum Gasteiger partial charge on any atom is -0.469 e. The van der Waals surface area contributed by atoms with Crippen molar-refractivity contribution in [1.82, 2.24) is 10.3 Å². The lowest BCUT2D eigenvalue weighted by atomic mass is 10.0. The van der Waals surface area contributed by atoms with Gasteiger partial charge in [0.15, 0.2) is 10.8 Å². The Balaban J connectivity index is 1.42. The van der Waals surface area contributed by atoms with Gasteiger partial charge in [0.1, 0.15) is 5.76 Å². The second-order valence-electron chi connectivity index (χ2n) is 6.15. The molecule has 3 rings (SSSR count). The van der Waals surface area contributed by atoms with Gasteiger partial charge < -0.3 is 9.73 Å². The molecule has 1 aliphatic heterocycles. The summed E-state index contributed by atoms with van der Waals surface area (Å²) in [5, 5.41) is 15.8. The molecule has 0 aromatic carbocycles. The average Bonchev–Trinajstić information content (AvgIpc) is 3.03. The summed E-state index contributed by atoms with van der Waals surface area (Å²) in [6.07, 6.45) is 8.83. The van der Waals surface area contributed by atoms with Crippen molar-refractivity contribution in [2.45, 2.75) is 38.3 Å². The summed E-state index contributed by atoms with van der Waals surface area (Å²) in [5.74, 6) is 2.68. The van der Waals surface area contributed by atoms with Gasteiger partial charge in [-0.2, -0.15) is 10.2 Å². The molecule has 2 amide bonds. The Morgan fingerprint density at radius 2 is 2.19 bits per heavy atom. The number of nitrogens with zero attached hydrogens (tertiary/aromatic N) is 3. The molecule has 2 aromatic rings. The van der Waals surface area contributed by atoms with Crippen LogP contribution in [0.1, 0.15) is 41.1 Å². The van der Waals surface area contributed by atoms with E-state index in [4.69, 9.17) is 10.8 Å². The smallest absolute Gasteiger partial charge is 0.260 e. The van der Waals surface area contributed by atoms with E-state index in [2.05, 4.69) is 31.8 Å². The fourth-order valence-corrected chi connectivity index (χ4v) is 3.23. The molecule has 27 heavy (non-hydrogen) atoms. The predicted molar refractivity (Wildman–Crippen MR) is 100 cm³/mol. The molecule has 8 nitrogen and oxygen atoms in total. The number of hydrogen-bond donors (Lipinski definition) is 2. The first-order chi connectivity index (χ1) is 13.0. The largest absolute Gasteiger partial charge is 0.469 e. The van der Waals surface area contributed by atoms with Gasteiger partial charge in [-0.25, -0.2) is 4.98 Å². The quantitative estimate of drug-likeness (QED) is 0.647. The molecular formula is C18H19N5O3S. The van der Waals surface area contributed by atoms with E-state index < -0.39 is 5.66 Å². The molecule has 2 aromatic heterocycles. The third-order valence-corrected chi connectivity index (χ3v) is 4.92. The lowest BCUT2D eigenvalue weighted by Crippen LogP contribution is -2.29. The predicted octanol–water partition coefficient (Wildman–Crippen LogP) is 2.92. The Morgan fingerprint density at radius 3 is 2.85 bits per heavy atom. The zero-order valence-corrected chi connectivity index (χ0v) is 15.6. The van der Waals surface area contributed by atoms with Gasteiger partial charge in [0.25, 0.3) is 5.91 Å². The normalized spacial score (nSPS) is 13.8. The van der Waals surface area contributed by atoms with E-state index in [-0.39, 0.29) is 18.2 Å². The minimum atomic E-state index is -0.400. The summed E-state index contributed by atoms with van der Waals surface area (Å²) in [7, 11) is 0. The highest BCUT2D eigenvalue weighted by Crippen LogP contribution is 2.36. The number of furan rings is 1. The van der Waals surface area contributed by atoms with Crippen molar-refractivity contribution in [1.29, 1.82) is 0 Å². The zero-order chi connectivity index (χ0) is 19.3. The van der Waals surface area contributed by atoms with Gasteiger partial charge in [-0.15, -0.1) is 23.7 Å². The van der Waals surface area contributed by atoms with E-state index in [9.17, 15) is 9.59 Å². The molecule has 1 aliphatic rings. The number of aryl methyl sites for hydroxylation is 1. The lowest BCUT2D eigenvalue weighted by Gasteiger charge is -2.09. The van der Waals surface area contributed by atoms with Gasteiger partial charge >= 0.3 is 0 Å². The third-order valence-electron chi connectivity index (χ3n) is 4.12. The first-order valence-electron chi connectivity index (χ1n) is 8.45. The Labute approximate surface area is 160 Å². The van der Waals surface area contributed by atoms with Gasteiger partial charge in [-0.1, -0.05) is 0 Å². The molecule has 0 fully saturated rings. The number of terminal acetylenes is 1. The molecule has 0 saturated heterocycles. The Hall–Kier alpha value is -2.99. The molecule has 0 unspecified atom stereocenters. The maximum Gasteiger partial charge on any atom is 0.260 e. The van der Waals surface area contributed by atoms with Crippen molar-refractivity contribution in [2.24, 2.45) is 10.2 Å². The maximum absolute atomic E-state index is 12.1. The van der Waals surface area contributed by atoms with Crippen LogP contribution in [0.5, 0.6) is 0 Å². The average molecular weight is 385 g/mol. The third kappa shape index (κ3) is 5.01. The van der Waals surface area contributed by atoms with E-state index in [1.165, 1.54) is 17.6 Å². The van der Waals surface area contributed by atoms with Crippen LogP contribution in [0, 0.1) is 19.3 Å². The van der Waals surface area contributed by atoms with Gasteiger partial charge in [0.05, 0.1) is 23.9 Å². The Bertz CT molecular complexity index is 902. The standard InChI is InChI=1S/C18H19N5O3S/c1-3-4-6-18(22-23-18)7-8-19-15(24)10-13-11-27-17(20-13)21-16(25)14-5-9-26-12(14)2/h1,5,9,11H,4,6-8,10H2,2H3,(H,19,24)(H,20,21,25). The van der Waals surface area contributed by atoms with Crippen LogP contribution in [0.15, 0.2) is 32.4 Å². The molecule has 2 N–H and O–H groups in total. The number of amides is 2. The summed E-state index contributed by atoms with van der Waals surface area (Å²) in [5.41, 5.74) is 0.655. The number of carbonyl (C=O) groups is 2. The number of carbonyl (C=O) groups excluding carboxylic acids is 2. The van der Waals surface area contributed by atoms with Crippen molar-refractivity contribution in [3.8, 4) is 12.3 Å². The molecule has 3 heterocycles. The highest BCUT2D eigenvalue weighted by molar-refractivity contribution is 7.14. The molecule has 0 aliphatic carbocycles. The molecule has 0 atom stereocenters. The molecule has 0 saturated carbocycles. The lowest BCUT2D eigenvalue weighted by molar-refractivity contribution is -0.120. The van der Waals surface area contributed by atoms with Gasteiger partial charge in [0, 0.05) is 31.2 Å². The number of hydrogen-bond acceptors (Lipinski definition) is 7. The van der Waals surface area contributed by atoms with Crippen molar-refractivity contribution < 1.29 is 14.0 Å². The SMILES string of the molecule is C#CCCC1(CCNC(=O)Cc2csc(NC(=O)c3ccoc3C)n2)N=N1. The molecular weight excluding hydrogens is 366 g/mol. The molecule has 0 radical (unpaired) electrons. The van der Waals surface area contributed by atoms with Crippen LogP contribution in [0.25, 0.3) is 0 Å². The van der Waals surface area contributed by atoms with Crippen molar-refractivity contribution in [3.05, 3.63) is 34.7 Å². The van der Waals surface area contributed by atoms with Crippen molar-refractivity contribution in [3.63, 3.8) is 0 Å². The van der Waals surface area contributed by atoms with Crippen LogP contribution in [0.4, 0.5) is 5.13 Å². The van der Waals surface area contributed by atoms with Crippen LogP contribution in [-0.2, 0) is 11.2 Å². The monoisotopic (exact) mass is 385 g/mol. The second kappa shape index (κ2) is 8.14. The zero-order valence-electron chi connectivity index (χ0n) is 14.8. The number of anilines is 1. The number of nitrogens with one attached hydrogen (secondary N) is 2. The summed E-state index contributed by atoms with van der Waals surface area (Å²) < 4.78 is 5.11. The highest BCUT2D eigenvalue weighted by atomic mass is 32.1. The van der Waals surface area contributed by atoms with E-state index in [0.29, 0.717) is 48.0 Å². The van der Waals surface area contributed by atoms with Gasteiger partial charge in [-0.05, 0) is 13.0 Å².